The molecular weight excluding hydrogens is 230 g/mol. The number of nitrogens with zero attached hydrogens (tertiary/aromatic N) is 2. The summed E-state index contributed by atoms with van der Waals surface area (Å²) >= 11 is 0. The number of likely N-dealkylation sites (N-methyl/N-ethyl adjacent to an activating group) is 1. The van der Waals surface area contributed by atoms with Crippen molar-refractivity contribution < 1.29 is 9.53 Å². The van der Waals surface area contributed by atoms with Crippen molar-refractivity contribution in [3.63, 3.8) is 0 Å². The maximum absolute atomic E-state index is 12.5. The van der Waals surface area contributed by atoms with Gasteiger partial charge in [0.1, 0.15) is 0 Å². The van der Waals surface area contributed by atoms with Crippen LogP contribution >= 0.6 is 0 Å². The summed E-state index contributed by atoms with van der Waals surface area (Å²) in [6.07, 6.45) is 1.94. The van der Waals surface area contributed by atoms with Gasteiger partial charge in [-0.05, 0) is 19.8 Å². The first kappa shape index (κ1) is 13.8. The molecule has 2 fully saturated rings. The summed E-state index contributed by atoms with van der Waals surface area (Å²) in [5, 5.41) is 3.32. The van der Waals surface area contributed by atoms with Gasteiger partial charge in [0.2, 0.25) is 5.91 Å². The first-order valence-corrected chi connectivity index (χ1v) is 6.99. The van der Waals surface area contributed by atoms with Gasteiger partial charge < -0.3 is 15.0 Å². The summed E-state index contributed by atoms with van der Waals surface area (Å²) in [7, 11) is 1.94. The molecule has 18 heavy (non-hydrogen) atoms. The van der Waals surface area contributed by atoms with Crippen LogP contribution in [0.15, 0.2) is 0 Å². The third kappa shape index (κ3) is 3.22. The summed E-state index contributed by atoms with van der Waals surface area (Å²) in [6.45, 7) is 7.50. The third-order valence-electron chi connectivity index (χ3n) is 4.14. The number of carbonyl (C=O) groups is 1. The van der Waals surface area contributed by atoms with Crippen LogP contribution in [0.25, 0.3) is 0 Å². The van der Waals surface area contributed by atoms with Crippen molar-refractivity contribution in [1.29, 1.82) is 0 Å². The van der Waals surface area contributed by atoms with Crippen LogP contribution in [0.3, 0.4) is 0 Å². The van der Waals surface area contributed by atoms with Gasteiger partial charge in [0.05, 0.1) is 6.04 Å². The molecule has 5 nitrogen and oxygen atoms in total. The number of hydrogen-bond donors (Lipinski definition) is 1. The predicted octanol–water partition coefficient (Wildman–Crippen LogP) is -0.0825. The molecule has 0 aromatic rings. The van der Waals surface area contributed by atoms with Gasteiger partial charge in [0.15, 0.2) is 0 Å². The average Bonchev–Trinajstić information content (AvgIpc) is 2.47. The minimum absolute atomic E-state index is 0.0000510. The van der Waals surface area contributed by atoms with Crippen molar-refractivity contribution in [2.45, 2.75) is 31.8 Å². The maximum atomic E-state index is 12.5. The molecule has 1 amide bonds. The number of amides is 1. The highest BCUT2D eigenvalue weighted by atomic mass is 16.5. The van der Waals surface area contributed by atoms with E-state index in [1.807, 2.05) is 18.9 Å². The van der Waals surface area contributed by atoms with Gasteiger partial charge in [-0.3, -0.25) is 9.69 Å². The normalized spacial score (nSPS) is 24.8. The van der Waals surface area contributed by atoms with Gasteiger partial charge in [-0.1, -0.05) is 0 Å². The Morgan fingerprint density at radius 3 is 2.56 bits per heavy atom. The number of hydrogen-bond acceptors (Lipinski definition) is 4. The van der Waals surface area contributed by atoms with Gasteiger partial charge in [-0.25, -0.2) is 0 Å². The molecular formula is C13H25N3O2. The Kier molecular flexibility index (Phi) is 4.97. The van der Waals surface area contributed by atoms with E-state index >= 15 is 0 Å². The van der Waals surface area contributed by atoms with Crippen LogP contribution in [0.4, 0.5) is 0 Å². The Bertz CT molecular complexity index is 247. The second-order valence-corrected chi connectivity index (χ2v) is 5.25. The first-order chi connectivity index (χ1) is 8.70. The molecule has 0 spiro atoms. The monoisotopic (exact) mass is 255 g/mol. The molecule has 2 rings (SSSR count). The Hall–Kier alpha value is -0.650. The van der Waals surface area contributed by atoms with Crippen LogP contribution in [0.1, 0.15) is 19.8 Å². The van der Waals surface area contributed by atoms with E-state index < -0.39 is 0 Å². The van der Waals surface area contributed by atoms with E-state index in [4.69, 9.17) is 4.74 Å². The molecule has 0 bridgehead atoms. The van der Waals surface area contributed by atoms with E-state index in [2.05, 4.69) is 10.2 Å². The molecule has 2 saturated heterocycles. The number of piperazine rings is 1. The van der Waals surface area contributed by atoms with E-state index in [1.54, 1.807) is 0 Å². The molecule has 0 saturated carbocycles. The fourth-order valence-electron chi connectivity index (χ4n) is 2.77. The van der Waals surface area contributed by atoms with Crippen LogP contribution in [-0.4, -0.2) is 74.2 Å². The molecule has 2 aliphatic heterocycles. The highest BCUT2D eigenvalue weighted by Crippen LogP contribution is 2.15. The number of carbonyl (C=O) groups excluding carboxylic acids is 1. The lowest BCUT2D eigenvalue weighted by Crippen LogP contribution is -2.54. The first-order valence-electron chi connectivity index (χ1n) is 6.99. The molecule has 104 valence electrons. The van der Waals surface area contributed by atoms with Crippen molar-refractivity contribution in [3.8, 4) is 0 Å². The Morgan fingerprint density at radius 2 is 1.94 bits per heavy atom. The lowest BCUT2D eigenvalue weighted by molar-refractivity contribution is -0.139. The average molecular weight is 255 g/mol. The molecule has 1 N–H and O–H groups in total. The molecule has 1 atom stereocenters. The van der Waals surface area contributed by atoms with E-state index in [1.165, 1.54) is 0 Å². The molecule has 0 aromatic carbocycles. The molecule has 2 heterocycles. The zero-order valence-corrected chi connectivity index (χ0v) is 11.5. The van der Waals surface area contributed by atoms with Crippen LogP contribution in [0.2, 0.25) is 0 Å². The van der Waals surface area contributed by atoms with Crippen molar-refractivity contribution in [1.82, 2.24) is 15.1 Å². The zero-order valence-electron chi connectivity index (χ0n) is 11.5. The van der Waals surface area contributed by atoms with Gasteiger partial charge in [-0.15, -0.1) is 0 Å². The van der Waals surface area contributed by atoms with E-state index in [9.17, 15) is 4.79 Å². The lowest BCUT2D eigenvalue weighted by Gasteiger charge is -2.37. The molecule has 0 radical (unpaired) electrons. The molecule has 0 aliphatic carbocycles. The van der Waals surface area contributed by atoms with Crippen molar-refractivity contribution >= 4 is 5.91 Å². The van der Waals surface area contributed by atoms with Gasteiger partial charge in [0, 0.05) is 52.5 Å². The number of ether oxygens (including phenoxy) is 1. The molecule has 2 aliphatic rings. The second-order valence-electron chi connectivity index (χ2n) is 5.25. The van der Waals surface area contributed by atoms with Crippen LogP contribution in [0, 0.1) is 0 Å². The summed E-state index contributed by atoms with van der Waals surface area (Å²) < 4.78 is 5.35. The van der Waals surface area contributed by atoms with Gasteiger partial charge in [-0.2, -0.15) is 0 Å². The van der Waals surface area contributed by atoms with Crippen LogP contribution in [0.5, 0.6) is 0 Å². The van der Waals surface area contributed by atoms with E-state index in [-0.39, 0.29) is 11.9 Å². The zero-order chi connectivity index (χ0) is 13.0. The fraction of sp³-hybridized carbons (Fsp3) is 0.923. The summed E-state index contributed by atoms with van der Waals surface area (Å²) in [5.74, 6) is 0.254. The number of nitrogens with one attached hydrogen (secondary N) is 1. The standard InChI is InChI=1S/C13H25N3O2/c1-11(16-7-5-14-6-8-16)13(17)15(2)12-3-9-18-10-4-12/h11-12,14H,3-10H2,1-2H3. The van der Waals surface area contributed by atoms with Gasteiger partial charge >= 0.3 is 0 Å². The quantitative estimate of drug-likeness (QED) is 0.766. The largest absolute Gasteiger partial charge is 0.381 e. The maximum Gasteiger partial charge on any atom is 0.239 e. The second kappa shape index (κ2) is 6.50. The van der Waals surface area contributed by atoms with Crippen LogP contribution in [-0.2, 0) is 9.53 Å². The highest BCUT2D eigenvalue weighted by Gasteiger charge is 2.29. The molecule has 0 aromatic heterocycles. The van der Waals surface area contributed by atoms with E-state index in [0.717, 1.165) is 52.2 Å². The summed E-state index contributed by atoms with van der Waals surface area (Å²) in [4.78, 5) is 16.7. The summed E-state index contributed by atoms with van der Waals surface area (Å²) in [6, 6.07) is 0.358. The lowest BCUT2D eigenvalue weighted by atomic mass is 10.1. The van der Waals surface area contributed by atoms with Gasteiger partial charge in [0.25, 0.3) is 0 Å². The molecule has 5 heteroatoms. The van der Waals surface area contributed by atoms with Crippen LogP contribution < -0.4 is 5.32 Å². The topological polar surface area (TPSA) is 44.8 Å². The summed E-state index contributed by atoms with van der Waals surface area (Å²) in [5.41, 5.74) is 0. The number of rotatable bonds is 3. The Balaban J connectivity index is 1.87. The molecule has 1 unspecified atom stereocenters. The van der Waals surface area contributed by atoms with Crippen molar-refractivity contribution in [2.75, 3.05) is 46.4 Å². The predicted molar refractivity (Wildman–Crippen MR) is 70.5 cm³/mol. The highest BCUT2D eigenvalue weighted by molar-refractivity contribution is 5.81. The van der Waals surface area contributed by atoms with Crippen molar-refractivity contribution in [2.24, 2.45) is 0 Å². The minimum atomic E-state index is -0.0000510. The SMILES string of the molecule is CC(C(=O)N(C)C1CCOCC1)N1CCNCC1. The van der Waals surface area contributed by atoms with E-state index in [0.29, 0.717) is 6.04 Å². The minimum Gasteiger partial charge on any atom is -0.381 e. The fourth-order valence-corrected chi connectivity index (χ4v) is 2.77. The third-order valence-corrected chi connectivity index (χ3v) is 4.14. The Labute approximate surface area is 109 Å². The smallest absolute Gasteiger partial charge is 0.239 e. The Morgan fingerprint density at radius 1 is 1.33 bits per heavy atom. The van der Waals surface area contributed by atoms with Crippen molar-refractivity contribution in [3.05, 3.63) is 0 Å².